The van der Waals surface area contributed by atoms with E-state index in [4.69, 9.17) is 4.74 Å². The second-order valence-electron chi connectivity index (χ2n) is 5.56. The number of ether oxygens (including phenoxy) is 2. The Kier molecular flexibility index (Phi) is 8.89. The quantitative estimate of drug-likeness (QED) is 0.533. The molecule has 0 aliphatic heterocycles. The lowest BCUT2D eigenvalue weighted by molar-refractivity contribution is -0.0514. The van der Waals surface area contributed by atoms with Gasteiger partial charge in [0.1, 0.15) is 0 Å². The third-order valence-electron chi connectivity index (χ3n) is 2.97. The highest BCUT2D eigenvalue weighted by molar-refractivity contribution is 5.79. The summed E-state index contributed by atoms with van der Waals surface area (Å²) in [5.41, 5.74) is 0.849. The van der Waals surface area contributed by atoms with Gasteiger partial charge in [0.05, 0.1) is 13.2 Å². The summed E-state index contributed by atoms with van der Waals surface area (Å²) in [4.78, 5) is 4.50. The Bertz CT molecular complexity index is 523. The maximum absolute atomic E-state index is 12.4. The van der Waals surface area contributed by atoms with Crippen molar-refractivity contribution in [1.29, 1.82) is 0 Å². The summed E-state index contributed by atoms with van der Waals surface area (Å²) in [6.45, 7) is 7.49. The standard InChI is InChI=1S/C17H27F2N3O2/c1-5-20-17(21-10-12(3)4)22-11-13-7-8-14(24-16(18)19)15(9-13)23-6-2/h7-9,12,16H,5-6,10-11H2,1-4H3,(H2,20,21,22). The van der Waals surface area contributed by atoms with E-state index in [1.807, 2.05) is 6.92 Å². The van der Waals surface area contributed by atoms with Gasteiger partial charge < -0.3 is 20.1 Å². The predicted molar refractivity (Wildman–Crippen MR) is 91.9 cm³/mol. The smallest absolute Gasteiger partial charge is 0.387 e. The Morgan fingerprint density at radius 3 is 2.50 bits per heavy atom. The number of aliphatic imine (C=N–C) groups is 1. The lowest BCUT2D eigenvalue weighted by Crippen LogP contribution is -2.39. The van der Waals surface area contributed by atoms with E-state index in [9.17, 15) is 8.78 Å². The van der Waals surface area contributed by atoms with E-state index >= 15 is 0 Å². The molecule has 0 heterocycles. The van der Waals surface area contributed by atoms with Crippen LogP contribution in [0.4, 0.5) is 8.78 Å². The number of hydrogen-bond acceptors (Lipinski definition) is 3. The number of rotatable bonds is 9. The second kappa shape index (κ2) is 10.7. The van der Waals surface area contributed by atoms with Gasteiger partial charge in [-0.2, -0.15) is 8.78 Å². The SMILES string of the molecule is CCNC(=NCc1ccc(OC(F)F)c(OCC)c1)NCC(C)C. The van der Waals surface area contributed by atoms with E-state index < -0.39 is 6.61 Å². The Labute approximate surface area is 142 Å². The Morgan fingerprint density at radius 1 is 1.17 bits per heavy atom. The van der Waals surface area contributed by atoms with Crippen molar-refractivity contribution in [3.05, 3.63) is 23.8 Å². The highest BCUT2D eigenvalue weighted by atomic mass is 19.3. The van der Waals surface area contributed by atoms with Gasteiger partial charge in [-0.25, -0.2) is 4.99 Å². The average molecular weight is 343 g/mol. The molecule has 0 saturated carbocycles. The first-order valence-corrected chi connectivity index (χ1v) is 8.18. The van der Waals surface area contributed by atoms with Crippen molar-refractivity contribution >= 4 is 5.96 Å². The maximum atomic E-state index is 12.4. The summed E-state index contributed by atoms with van der Waals surface area (Å²) in [5.74, 6) is 1.55. The molecule has 0 radical (unpaired) electrons. The van der Waals surface area contributed by atoms with E-state index in [-0.39, 0.29) is 5.75 Å². The van der Waals surface area contributed by atoms with Gasteiger partial charge in [0.2, 0.25) is 0 Å². The molecule has 0 atom stereocenters. The summed E-state index contributed by atoms with van der Waals surface area (Å²) in [6, 6.07) is 4.86. The molecule has 0 saturated heterocycles. The molecule has 0 aromatic heterocycles. The summed E-state index contributed by atoms with van der Waals surface area (Å²) in [6.07, 6.45) is 0. The van der Waals surface area contributed by atoms with Crippen LogP contribution in [-0.2, 0) is 6.54 Å². The largest absolute Gasteiger partial charge is 0.490 e. The van der Waals surface area contributed by atoms with Crippen LogP contribution in [0.2, 0.25) is 0 Å². The summed E-state index contributed by atoms with van der Waals surface area (Å²) in [5, 5.41) is 6.42. The van der Waals surface area contributed by atoms with Crippen molar-refractivity contribution in [2.75, 3.05) is 19.7 Å². The van der Waals surface area contributed by atoms with E-state index in [2.05, 4.69) is 34.2 Å². The molecule has 1 aromatic rings. The first-order chi connectivity index (χ1) is 11.5. The topological polar surface area (TPSA) is 54.9 Å². The zero-order chi connectivity index (χ0) is 17.9. The number of alkyl halides is 2. The molecular weight excluding hydrogens is 316 g/mol. The van der Waals surface area contributed by atoms with Crippen LogP contribution in [0.25, 0.3) is 0 Å². The van der Waals surface area contributed by atoms with E-state index in [1.165, 1.54) is 6.07 Å². The zero-order valence-electron chi connectivity index (χ0n) is 14.7. The van der Waals surface area contributed by atoms with Gasteiger partial charge in [-0.15, -0.1) is 0 Å². The molecule has 2 N–H and O–H groups in total. The third kappa shape index (κ3) is 7.48. The highest BCUT2D eigenvalue weighted by Gasteiger charge is 2.11. The van der Waals surface area contributed by atoms with Crippen LogP contribution in [0, 0.1) is 5.92 Å². The van der Waals surface area contributed by atoms with Gasteiger partial charge in [-0.1, -0.05) is 19.9 Å². The number of hydrogen-bond donors (Lipinski definition) is 2. The monoisotopic (exact) mass is 343 g/mol. The van der Waals surface area contributed by atoms with Gasteiger partial charge in [0.25, 0.3) is 0 Å². The van der Waals surface area contributed by atoms with Gasteiger partial charge in [-0.05, 0) is 37.5 Å². The van der Waals surface area contributed by atoms with Crippen LogP contribution >= 0.6 is 0 Å². The van der Waals surface area contributed by atoms with E-state index in [0.29, 0.717) is 24.8 Å². The third-order valence-corrected chi connectivity index (χ3v) is 2.97. The van der Waals surface area contributed by atoms with Crippen LogP contribution in [-0.4, -0.2) is 32.3 Å². The lowest BCUT2D eigenvalue weighted by Gasteiger charge is -2.14. The van der Waals surface area contributed by atoms with Crippen molar-refractivity contribution in [3.63, 3.8) is 0 Å². The zero-order valence-corrected chi connectivity index (χ0v) is 14.7. The van der Waals surface area contributed by atoms with Gasteiger partial charge in [0.15, 0.2) is 17.5 Å². The fourth-order valence-corrected chi connectivity index (χ4v) is 1.93. The normalized spacial score (nSPS) is 11.8. The molecule has 0 aliphatic carbocycles. The molecule has 7 heteroatoms. The Morgan fingerprint density at radius 2 is 1.92 bits per heavy atom. The molecule has 136 valence electrons. The molecule has 0 amide bonds. The predicted octanol–water partition coefficient (Wildman–Crippen LogP) is 3.40. The molecule has 0 unspecified atom stereocenters. The van der Waals surface area contributed by atoms with Crippen molar-refractivity contribution < 1.29 is 18.3 Å². The average Bonchev–Trinajstić information content (AvgIpc) is 2.52. The van der Waals surface area contributed by atoms with Crippen LogP contribution in [0.15, 0.2) is 23.2 Å². The van der Waals surface area contributed by atoms with Crippen molar-refractivity contribution in [3.8, 4) is 11.5 Å². The molecule has 1 rings (SSSR count). The molecule has 0 bridgehead atoms. The highest BCUT2D eigenvalue weighted by Crippen LogP contribution is 2.30. The minimum absolute atomic E-state index is 0.0319. The minimum atomic E-state index is -2.88. The Hall–Kier alpha value is -2.05. The molecule has 0 aliphatic rings. The lowest BCUT2D eigenvalue weighted by atomic mass is 10.2. The first-order valence-electron chi connectivity index (χ1n) is 8.18. The van der Waals surface area contributed by atoms with Crippen molar-refractivity contribution in [2.45, 2.75) is 40.9 Å². The van der Waals surface area contributed by atoms with Gasteiger partial charge in [-0.3, -0.25) is 0 Å². The van der Waals surface area contributed by atoms with Crippen molar-refractivity contribution in [1.82, 2.24) is 10.6 Å². The first kappa shape index (κ1) is 20.0. The minimum Gasteiger partial charge on any atom is -0.490 e. The number of halogens is 2. The summed E-state index contributed by atoms with van der Waals surface area (Å²) >= 11 is 0. The molecule has 0 fully saturated rings. The van der Waals surface area contributed by atoms with Gasteiger partial charge >= 0.3 is 6.61 Å². The van der Waals surface area contributed by atoms with Crippen molar-refractivity contribution in [2.24, 2.45) is 10.9 Å². The fraction of sp³-hybridized carbons (Fsp3) is 0.588. The number of nitrogens with one attached hydrogen (secondary N) is 2. The maximum Gasteiger partial charge on any atom is 0.387 e. The number of benzene rings is 1. The summed E-state index contributed by atoms with van der Waals surface area (Å²) < 4.78 is 34.7. The van der Waals surface area contributed by atoms with Crippen LogP contribution in [0.5, 0.6) is 11.5 Å². The Balaban J connectivity index is 2.84. The number of guanidine groups is 1. The molecule has 1 aromatic carbocycles. The van der Waals surface area contributed by atoms with Crippen LogP contribution in [0.1, 0.15) is 33.3 Å². The molecule has 24 heavy (non-hydrogen) atoms. The molecule has 5 nitrogen and oxygen atoms in total. The van der Waals surface area contributed by atoms with Gasteiger partial charge in [0, 0.05) is 13.1 Å². The summed E-state index contributed by atoms with van der Waals surface area (Å²) in [7, 11) is 0. The van der Waals surface area contributed by atoms with Crippen LogP contribution < -0.4 is 20.1 Å². The van der Waals surface area contributed by atoms with E-state index in [1.54, 1.807) is 19.1 Å². The number of nitrogens with zero attached hydrogens (tertiary/aromatic N) is 1. The second-order valence-corrected chi connectivity index (χ2v) is 5.56. The van der Waals surface area contributed by atoms with E-state index in [0.717, 1.165) is 24.6 Å². The van der Waals surface area contributed by atoms with Crippen LogP contribution in [0.3, 0.4) is 0 Å². The fourth-order valence-electron chi connectivity index (χ4n) is 1.93. The molecular formula is C17H27F2N3O2. The molecule has 0 spiro atoms.